The van der Waals surface area contributed by atoms with Crippen molar-refractivity contribution < 1.29 is 14.4 Å². The van der Waals surface area contributed by atoms with E-state index in [1.165, 1.54) is 0 Å². The summed E-state index contributed by atoms with van der Waals surface area (Å²) < 4.78 is 0. The van der Waals surface area contributed by atoms with Gasteiger partial charge in [0, 0.05) is 57.1 Å². The Morgan fingerprint density at radius 3 is 2.75 bits per heavy atom. The molecule has 2 aliphatic heterocycles. The van der Waals surface area contributed by atoms with Crippen LogP contribution < -0.4 is 10.6 Å². The third kappa shape index (κ3) is 5.69. The van der Waals surface area contributed by atoms with E-state index in [4.69, 9.17) is 11.6 Å². The zero-order chi connectivity index (χ0) is 19.9. The molecule has 0 bridgehead atoms. The van der Waals surface area contributed by atoms with E-state index in [1.54, 1.807) is 11.0 Å². The number of nitrogens with one attached hydrogen (secondary N) is 2. The van der Waals surface area contributed by atoms with Crippen LogP contribution in [0.5, 0.6) is 0 Å². The quantitative estimate of drug-likeness (QED) is 0.742. The van der Waals surface area contributed by atoms with Crippen molar-refractivity contribution in [2.75, 3.05) is 32.7 Å². The predicted octanol–water partition coefficient (Wildman–Crippen LogP) is 1.16. The number of carbonyl (C=O) groups excluding carboxylic acids is 3. The first-order valence-corrected chi connectivity index (χ1v) is 10.2. The molecule has 2 fully saturated rings. The Morgan fingerprint density at radius 2 is 2.04 bits per heavy atom. The standard InChI is InChI=1S/C20H27ClN4O3/c21-16-4-1-3-15(13-16)14-25(20(28)17-5-2-6-18(26)23-17)10-7-19(27)24-11-8-22-9-12-24/h1,3-4,13,17,22H,2,5-12,14H2,(H,23,26)/t17-/m0/s1. The number of benzene rings is 1. The van der Waals surface area contributed by atoms with E-state index in [2.05, 4.69) is 10.6 Å². The molecule has 2 saturated heterocycles. The average molecular weight is 407 g/mol. The van der Waals surface area contributed by atoms with Crippen molar-refractivity contribution in [1.82, 2.24) is 20.4 Å². The molecule has 7 nitrogen and oxygen atoms in total. The molecule has 0 aromatic heterocycles. The molecule has 1 atom stereocenters. The zero-order valence-electron chi connectivity index (χ0n) is 16.0. The molecule has 28 heavy (non-hydrogen) atoms. The molecule has 1 aromatic rings. The Kier molecular flexibility index (Phi) is 7.28. The summed E-state index contributed by atoms with van der Waals surface area (Å²) in [7, 11) is 0. The van der Waals surface area contributed by atoms with E-state index >= 15 is 0 Å². The van der Waals surface area contributed by atoms with Crippen LogP contribution in [-0.4, -0.2) is 66.3 Å². The summed E-state index contributed by atoms with van der Waals surface area (Å²) in [5.41, 5.74) is 0.901. The molecule has 152 valence electrons. The first-order chi connectivity index (χ1) is 13.5. The summed E-state index contributed by atoms with van der Waals surface area (Å²) in [5.74, 6) is -0.177. The lowest BCUT2D eigenvalue weighted by Gasteiger charge is -2.31. The molecule has 2 N–H and O–H groups in total. The van der Waals surface area contributed by atoms with Gasteiger partial charge in [-0.2, -0.15) is 0 Å². The van der Waals surface area contributed by atoms with Crippen molar-refractivity contribution in [1.29, 1.82) is 0 Å². The lowest BCUT2D eigenvalue weighted by molar-refractivity contribution is -0.140. The topological polar surface area (TPSA) is 81.8 Å². The molecule has 0 radical (unpaired) electrons. The second-order valence-corrected chi connectivity index (χ2v) is 7.72. The van der Waals surface area contributed by atoms with E-state index in [1.807, 2.05) is 23.1 Å². The van der Waals surface area contributed by atoms with Gasteiger partial charge >= 0.3 is 0 Å². The van der Waals surface area contributed by atoms with Gasteiger partial charge in [-0.1, -0.05) is 23.7 Å². The molecule has 2 heterocycles. The fourth-order valence-corrected chi connectivity index (χ4v) is 3.85. The summed E-state index contributed by atoms with van der Waals surface area (Å²) >= 11 is 6.08. The Morgan fingerprint density at radius 1 is 1.25 bits per heavy atom. The van der Waals surface area contributed by atoms with E-state index in [0.717, 1.165) is 18.7 Å². The van der Waals surface area contributed by atoms with E-state index in [9.17, 15) is 14.4 Å². The van der Waals surface area contributed by atoms with Crippen molar-refractivity contribution in [2.24, 2.45) is 0 Å². The molecule has 0 saturated carbocycles. The predicted molar refractivity (Wildman–Crippen MR) is 107 cm³/mol. The summed E-state index contributed by atoms with van der Waals surface area (Å²) in [5, 5.41) is 6.62. The van der Waals surface area contributed by atoms with Gasteiger partial charge in [0.1, 0.15) is 6.04 Å². The molecule has 3 rings (SSSR count). The summed E-state index contributed by atoms with van der Waals surface area (Å²) in [6, 6.07) is 6.83. The van der Waals surface area contributed by atoms with Crippen LogP contribution in [-0.2, 0) is 20.9 Å². The highest BCUT2D eigenvalue weighted by atomic mass is 35.5. The lowest BCUT2D eigenvalue weighted by Crippen LogP contribution is -2.51. The smallest absolute Gasteiger partial charge is 0.245 e. The van der Waals surface area contributed by atoms with Crippen molar-refractivity contribution in [3.63, 3.8) is 0 Å². The van der Waals surface area contributed by atoms with Gasteiger partial charge in [-0.15, -0.1) is 0 Å². The number of halogens is 1. The number of amides is 3. The van der Waals surface area contributed by atoms with Crippen molar-refractivity contribution in [2.45, 2.75) is 38.3 Å². The van der Waals surface area contributed by atoms with Crippen LogP contribution in [0.4, 0.5) is 0 Å². The van der Waals surface area contributed by atoms with Crippen molar-refractivity contribution in [3.8, 4) is 0 Å². The fourth-order valence-electron chi connectivity index (χ4n) is 3.64. The molecule has 3 amide bonds. The number of piperidine rings is 1. The first kappa shape index (κ1) is 20.6. The molecular formula is C20H27ClN4O3. The Bertz CT molecular complexity index is 721. The number of carbonyl (C=O) groups is 3. The van der Waals surface area contributed by atoms with Gasteiger partial charge in [-0.25, -0.2) is 0 Å². The van der Waals surface area contributed by atoms with Crippen molar-refractivity contribution >= 4 is 29.3 Å². The van der Waals surface area contributed by atoms with Gasteiger partial charge in [-0.3, -0.25) is 14.4 Å². The number of piperazine rings is 1. The minimum Gasteiger partial charge on any atom is -0.344 e. The molecule has 1 aromatic carbocycles. The maximum atomic E-state index is 13.1. The van der Waals surface area contributed by atoms with Crippen molar-refractivity contribution in [3.05, 3.63) is 34.9 Å². The van der Waals surface area contributed by atoms with Crippen LogP contribution >= 0.6 is 11.6 Å². The lowest BCUT2D eigenvalue weighted by atomic mass is 10.0. The Hall–Kier alpha value is -2.12. The Labute approximate surface area is 170 Å². The maximum absolute atomic E-state index is 13.1. The van der Waals surface area contributed by atoms with Crippen LogP contribution in [0.15, 0.2) is 24.3 Å². The Balaban J connectivity index is 1.67. The third-order valence-electron chi connectivity index (χ3n) is 5.17. The maximum Gasteiger partial charge on any atom is 0.245 e. The number of rotatable bonds is 6. The van der Waals surface area contributed by atoms with Crippen LogP contribution in [0.2, 0.25) is 5.02 Å². The highest BCUT2D eigenvalue weighted by Crippen LogP contribution is 2.16. The minimum atomic E-state index is -0.519. The molecule has 0 aliphatic carbocycles. The monoisotopic (exact) mass is 406 g/mol. The summed E-state index contributed by atoms with van der Waals surface area (Å²) in [6.07, 6.45) is 2.06. The minimum absolute atomic E-state index is 0.0538. The summed E-state index contributed by atoms with van der Waals surface area (Å²) in [4.78, 5) is 40.8. The van der Waals surface area contributed by atoms with Gasteiger partial charge in [0.2, 0.25) is 17.7 Å². The SMILES string of the molecule is O=C1CCC[C@@H](C(=O)N(CCC(=O)N2CCNCC2)Cc2cccc(Cl)c2)N1. The number of hydrogen-bond acceptors (Lipinski definition) is 4. The third-order valence-corrected chi connectivity index (χ3v) is 5.40. The van der Waals surface area contributed by atoms with Gasteiger partial charge in [0.05, 0.1) is 0 Å². The normalized spacial score (nSPS) is 19.8. The van der Waals surface area contributed by atoms with Gasteiger partial charge in [0.25, 0.3) is 0 Å². The van der Waals surface area contributed by atoms with Gasteiger partial charge in [-0.05, 0) is 30.5 Å². The summed E-state index contributed by atoms with van der Waals surface area (Å²) in [6.45, 7) is 3.66. The second-order valence-electron chi connectivity index (χ2n) is 7.28. The van der Waals surface area contributed by atoms with Gasteiger partial charge in [0.15, 0.2) is 0 Å². The first-order valence-electron chi connectivity index (χ1n) is 9.84. The average Bonchev–Trinajstić information content (AvgIpc) is 2.71. The highest BCUT2D eigenvalue weighted by molar-refractivity contribution is 6.30. The largest absolute Gasteiger partial charge is 0.344 e. The zero-order valence-corrected chi connectivity index (χ0v) is 16.7. The van der Waals surface area contributed by atoms with Crippen LogP contribution in [0.3, 0.4) is 0 Å². The number of nitrogens with zero attached hydrogens (tertiary/aromatic N) is 2. The second kappa shape index (κ2) is 9.89. The van der Waals surface area contributed by atoms with E-state index < -0.39 is 6.04 Å². The molecule has 0 spiro atoms. The van der Waals surface area contributed by atoms with Crippen LogP contribution in [0, 0.1) is 0 Å². The van der Waals surface area contributed by atoms with Crippen LogP contribution in [0.1, 0.15) is 31.2 Å². The van der Waals surface area contributed by atoms with Gasteiger partial charge < -0.3 is 20.4 Å². The highest BCUT2D eigenvalue weighted by Gasteiger charge is 2.29. The molecule has 8 heteroatoms. The molecule has 2 aliphatic rings. The van der Waals surface area contributed by atoms with E-state index in [0.29, 0.717) is 50.5 Å². The fraction of sp³-hybridized carbons (Fsp3) is 0.550. The molecule has 0 unspecified atom stereocenters. The molecular weight excluding hydrogens is 380 g/mol. The van der Waals surface area contributed by atoms with E-state index in [-0.39, 0.29) is 24.1 Å². The number of hydrogen-bond donors (Lipinski definition) is 2. The van der Waals surface area contributed by atoms with Crippen LogP contribution in [0.25, 0.3) is 0 Å².